The largest absolute Gasteiger partial charge is 0.236 e. The highest BCUT2D eigenvalue weighted by Crippen LogP contribution is 2.32. The molecule has 2 aliphatic rings. The third-order valence-corrected chi connectivity index (χ3v) is 3.83. The van der Waals surface area contributed by atoms with Gasteiger partial charge >= 0.3 is 0 Å². The van der Waals surface area contributed by atoms with Crippen LogP contribution in [0.2, 0.25) is 0 Å². The van der Waals surface area contributed by atoms with Crippen LogP contribution in [0.1, 0.15) is 64.2 Å². The van der Waals surface area contributed by atoms with E-state index in [0.29, 0.717) is 6.10 Å². The van der Waals surface area contributed by atoms with E-state index in [-0.39, 0.29) is 0 Å². The lowest BCUT2D eigenvalue weighted by atomic mass is 9.97. The summed E-state index contributed by atoms with van der Waals surface area (Å²) in [7, 11) is 0. The fourth-order valence-electron chi connectivity index (χ4n) is 2.87. The molecule has 0 N–H and O–H groups in total. The van der Waals surface area contributed by atoms with Crippen LogP contribution in [-0.2, 0) is 9.78 Å². The molecule has 2 rings (SSSR count). The highest BCUT2D eigenvalue weighted by molar-refractivity contribution is 4.77. The van der Waals surface area contributed by atoms with Crippen molar-refractivity contribution >= 4 is 0 Å². The van der Waals surface area contributed by atoms with Gasteiger partial charge in [-0.3, -0.25) is 0 Å². The van der Waals surface area contributed by atoms with E-state index in [2.05, 4.69) is 0 Å². The summed E-state index contributed by atoms with van der Waals surface area (Å²) >= 11 is 0. The van der Waals surface area contributed by atoms with Crippen LogP contribution < -0.4 is 0 Å². The predicted molar refractivity (Wildman–Crippen MR) is 60.5 cm³/mol. The fraction of sp³-hybridized carbons (Fsp3) is 1.00. The molecule has 2 nitrogen and oxygen atoms in total. The minimum atomic E-state index is 0.407. The van der Waals surface area contributed by atoms with E-state index in [1.54, 1.807) is 0 Å². The van der Waals surface area contributed by atoms with Crippen LogP contribution in [0.15, 0.2) is 0 Å². The first-order chi connectivity index (χ1) is 7.47. The summed E-state index contributed by atoms with van der Waals surface area (Å²) in [6.45, 7) is 0.795. The molecular formula is C13H24O2. The second kappa shape index (κ2) is 6.49. The zero-order chi connectivity index (χ0) is 10.3. The molecule has 15 heavy (non-hydrogen) atoms. The second-order valence-corrected chi connectivity index (χ2v) is 5.06. The average molecular weight is 212 g/mol. The van der Waals surface area contributed by atoms with E-state index >= 15 is 0 Å². The molecule has 1 saturated carbocycles. The minimum Gasteiger partial charge on any atom is -0.236 e. The topological polar surface area (TPSA) is 18.5 Å². The molecule has 1 saturated heterocycles. The molecule has 2 fully saturated rings. The van der Waals surface area contributed by atoms with Crippen LogP contribution >= 0.6 is 0 Å². The quantitative estimate of drug-likeness (QED) is 0.568. The van der Waals surface area contributed by atoms with Crippen LogP contribution in [0.3, 0.4) is 0 Å². The summed E-state index contributed by atoms with van der Waals surface area (Å²) in [5.41, 5.74) is 0. The van der Waals surface area contributed by atoms with Gasteiger partial charge in [0.25, 0.3) is 0 Å². The number of rotatable bonds is 0. The smallest absolute Gasteiger partial charge is 0.0958 e. The third-order valence-electron chi connectivity index (χ3n) is 3.83. The van der Waals surface area contributed by atoms with Gasteiger partial charge in [0.05, 0.1) is 12.7 Å². The average Bonchev–Trinajstić information content (AvgIpc) is 2.65. The van der Waals surface area contributed by atoms with Crippen molar-refractivity contribution in [1.82, 2.24) is 0 Å². The lowest BCUT2D eigenvalue weighted by Gasteiger charge is -2.19. The monoisotopic (exact) mass is 212 g/mol. The summed E-state index contributed by atoms with van der Waals surface area (Å²) in [5, 5.41) is 0. The highest BCUT2D eigenvalue weighted by atomic mass is 17.2. The lowest BCUT2D eigenvalue weighted by molar-refractivity contribution is -0.330. The van der Waals surface area contributed by atoms with Gasteiger partial charge in [0.2, 0.25) is 0 Å². The van der Waals surface area contributed by atoms with Crippen molar-refractivity contribution < 1.29 is 9.78 Å². The Morgan fingerprint density at radius 1 is 0.667 bits per heavy atom. The van der Waals surface area contributed by atoms with Crippen molar-refractivity contribution in [3.05, 3.63) is 0 Å². The molecule has 0 bridgehead atoms. The maximum Gasteiger partial charge on any atom is 0.0958 e. The van der Waals surface area contributed by atoms with Crippen LogP contribution in [0, 0.1) is 5.92 Å². The Kier molecular flexibility index (Phi) is 4.94. The molecule has 2 heteroatoms. The van der Waals surface area contributed by atoms with Gasteiger partial charge in [0.1, 0.15) is 0 Å². The maximum absolute atomic E-state index is 5.54. The normalized spacial score (nSPS) is 35.2. The van der Waals surface area contributed by atoms with Crippen molar-refractivity contribution in [2.24, 2.45) is 5.92 Å². The highest BCUT2D eigenvalue weighted by Gasteiger charge is 2.28. The summed E-state index contributed by atoms with van der Waals surface area (Å²) < 4.78 is 0. The molecule has 0 aromatic heterocycles. The Hall–Kier alpha value is -0.0800. The molecular weight excluding hydrogens is 188 g/mol. The molecule has 1 aliphatic heterocycles. The minimum absolute atomic E-state index is 0.407. The summed E-state index contributed by atoms with van der Waals surface area (Å²) in [6, 6.07) is 0. The molecule has 0 amide bonds. The van der Waals surface area contributed by atoms with Crippen LogP contribution in [0.5, 0.6) is 0 Å². The molecule has 0 aromatic rings. The molecule has 1 aliphatic carbocycles. The van der Waals surface area contributed by atoms with Crippen molar-refractivity contribution in [2.45, 2.75) is 70.3 Å². The summed E-state index contributed by atoms with van der Waals surface area (Å²) in [6.07, 6.45) is 13.7. The van der Waals surface area contributed by atoms with Crippen molar-refractivity contribution in [3.8, 4) is 0 Å². The van der Waals surface area contributed by atoms with Crippen LogP contribution in [-0.4, -0.2) is 12.7 Å². The van der Waals surface area contributed by atoms with E-state index in [1.807, 2.05) is 0 Å². The maximum atomic E-state index is 5.54. The Morgan fingerprint density at radius 3 is 2.33 bits per heavy atom. The van der Waals surface area contributed by atoms with Gasteiger partial charge in [-0.2, -0.15) is 0 Å². The molecule has 2 unspecified atom stereocenters. The van der Waals surface area contributed by atoms with Crippen molar-refractivity contribution in [1.29, 1.82) is 0 Å². The standard InChI is InChI=1S/C13H24O2/c1-2-4-6-11-14-15-13-10-7-9-12(13)8-5-3-1/h12-13H,1-11H2. The zero-order valence-corrected chi connectivity index (χ0v) is 9.75. The molecule has 1 heterocycles. The van der Waals surface area contributed by atoms with E-state index < -0.39 is 0 Å². The van der Waals surface area contributed by atoms with Gasteiger partial charge in [0.15, 0.2) is 0 Å². The number of hydrogen-bond donors (Lipinski definition) is 0. The second-order valence-electron chi connectivity index (χ2n) is 5.06. The fourth-order valence-corrected chi connectivity index (χ4v) is 2.87. The first-order valence-corrected chi connectivity index (χ1v) is 6.75. The summed E-state index contributed by atoms with van der Waals surface area (Å²) in [5.74, 6) is 0.782. The first kappa shape index (κ1) is 11.4. The van der Waals surface area contributed by atoms with Gasteiger partial charge < -0.3 is 0 Å². The van der Waals surface area contributed by atoms with Gasteiger partial charge in [-0.1, -0.05) is 38.5 Å². The molecule has 2 atom stereocenters. The Morgan fingerprint density at radius 2 is 1.40 bits per heavy atom. The number of fused-ring (bicyclic) bond motifs is 1. The van der Waals surface area contributed by atoms with Crippen molar-refractivity contribution in [2.75, 3.05) is 6.61 Å². The van der Waals surface area contributed by atoms with Crippen LogP contribution in [0.4, 0.5) is 0 Å². The zero-order valence-electron chi connectivity index (χ0n) is 9.75. The first-order valence-electron chi connectivity index (χ1n) is 6.75. The Labute approximate surface area is 93.3 Å². The van der Waals surface area contributed by atoms with E-state index in [4.69, 9.17) is 9.78 Å². The Balaban J connectivity index is 1.77. The third kappa shape index (κ3) is 3.76. The van der Waals surface area contributed by atoms with E-state index in [9.17, 15) is 0 Å². The molecule has 0 spiro atoms. The van der Waals surface area contributed by atoms with Crippen LogP contribution in [0.25, 0.3) is 0 Å². The van der Waals surface area contributed by atoms with Gasteiger partial charge in [-0.25, -0.2) is 9.78 Å². The van der Waals surface area contributed by atoms with E-state index in [0.717, 1.165) is 18.9 Å². The van der Waals surface area contributed by atoms with E-state index in [1.165, 1.54) is 57.8 Å². The molecule has 88 valence electrons. The summed E-state index contributed by atoms with van der Waals surface area (Å²) in [4.78, 5) is 10.9. The lowest BCUT2D eigenvalue weighted by Crippen LogP contribution is -2.19. The van der Waals surface area contributed by atoms with Crippen molar-refractivity contribution in [3.63, 3.8) is 0 Å². The SMILES string of the molecule is C1CCCCC2CCCC2OOCCC1. The molecule has 0 aromatic carbocycles. The molecule has 0 radical (unpaired) electrons. The Bertz CT molecular complexity index is 152. The van der Waals surface area contributed by atoms with Gasteiger partial charge in [-0.05, 0) is 31.6 Å². The predicted octanol–water partition coefficient (Wildman–Crippen LogP) is 3.85. The number of hydrogen-bond acceptors (Lipinski definition) is 2. The van der Waals surface area contributed by atoms with Gasteiger partial charge in [0, 0.05) is 0 Å². The van der Waals surface area contributed by atoms with Gasteiger partial charge in [-0.15, -0.1) is 0 Å².